The van der Waals surface area contributed by atoms with Crippen LogP contribution in [0.15, 0.2) is 0 Å². The fourth-order valence-corrected chi connectivity index (χ4v) is 2.51. The molecule has 1 atom stereocenters. The Balaban J connectivity index is 1.86. The first-order valence-corrected chi connectivity index (χ1v) is 5.21. The molecule has 3 nitrogen and oxygen atoms in total. The third kappa shape index (κ3) is 2.09. The highest BCUT2D eigenvalue weighted by Gasteiger charge is 2.30. The van der Waals surface area contributed by atoms with Crippen molar-refractivity contribution < 1.29 is 4.79 Å². The Bertz CT molecular complexity index is 205. The lowest BCUT2D eigenvalue weighted by Crippen LogP contribution is -2.51. The second-order valence-corrected chi connectivity index (χ2v) is 4.27. The number of ketones is 1. The SMILES string of the molecule is CC(=O)CN1CCN2CCC[C@H]2C1. The molecule has 3 heteroatoms. The highest BCUT2D eigenvalue weighted by molar-refractivity contribution is 5.77. The largest absolute Gasteiger partial charge is 0.299 e. The molecule has 0 saturated carbocycles. The molecule has 0 bridgehead atoms. The minimum absolute atomic E-state index is 0.298. The van der Waals surface area contributed by atoms with Gasteiger partial charge in [0.05, 0.1) is 6.54 Å². The van der Waals surface area contributed by atoms with Gasteiger partial charge in [0, 0.05) is 25.7 Å². The Morgan fingerprint density at radius 2 is 2.23 bits per heavy atom. The predicted octanol–water partition coefficient (Wildman–Crippen LogP) is 0.355. The van der Waals surface area contributed by atoms with Crippen LogP contribution < -0.4 is 0 Å². The van der Waals surface area contributed by atoms with Crippen molar-refractivity contribution in [3.63, 3.8) is 0 Å². The Hall–Kier alpha value is -0.410. The van der Waals surface area contributed by atoms with Crippen molar-refractivity contribution in [2.24, 2.45) is 0 Å². The lowest BCUT2D eigenvalue weighted by Gasteiger charge is -2.36. The van der Waals surface area contributed by atoms with Crippen LogP contribution in [0.2, 0.25) is 0 Å². The second kappa shape index (κ2) is 3.76. The summed E-state index contributed by atoms with van der Waals surface area (Å²) in [6.45, 7) is 6.97. The zero-order valence-electron chi connectivity index (χ0n) is 8.33. The minimum Gasteiger partial charge on any atom is -0.299 e. The van der Waals surface area contributed by atoms with Gasteiger partial charge in [0.25, 0.3) is 0 Å². The number of nitrogens with zero attached hydrogens (tertiary/aromatic N) is 2. The van der Waals surface area contributed by atoms with Gasteiger partial charge in [0.1, 0.15) is 5.78 Å². The number of rotatable bonds is 2. The average molecular weight is 182 g/mol. The zero-order valence-corrected chi connectivity index (χ0v) is 8.33. The molecule has 2 fully saturated rings. The molecular weight excluding hydrogens is 164 g/mol. The van der Waals surface area contributed by atoms with Gasteiger partial charge in [-0.3, -0.25) is 14.6 Å². The molecule has 0 aromatic heterocycles. The molecule has 0 spiro atoms. The van der Waals surface area contributed by atoms with E-state index in [2.05, 4.69) is 9.80 Å². The van der Waals surface area contributed by atoms with E-state index in [0.717, 1.165) is 25.7 Å². The van der Waals surface area contributed by atoms with Crippen molar-refractivity contribution in [3.8, 4) is 0 Å². The topological polar surface area (TPSA) is 23.6 Å². The maximum absolute atomic E-state index is 10.9. The molecule has 2 heterocycles. The quantitative estimate of drug-likeness (QED) is 0.616. The number of carbonyl (C=O) groups excluding carboxylic acids is 1. The van der Waals surface area contributed by atoms with Crippen molar-refractivity contribution >= 4 is 5.78 Å². The summed E-state index contributed by atoms with van der Waals surface area (Å²) >= 11 is 0. The van der Waals surface area contributed by atoms with Crippen molar-refractivity contribution in [1.82, 2.24) is 9.80 Å². The molecule has 0 radical (unpaired) electrons. The summed E-state index contributed by atoms with van der Waals surface area (Å²) in [6, 6.07) is 0.744. The maximum Gasteiger partial charge on any atom is 0.143 e. The summed E-state index contributed by atoms with van der Waals surface area (Å²) in [5.74, 6) is 0.298. The van der Waals surface area contributed by atoms with E-state index in [0.29, 0.717) is 12.3 Å². The molecule has 2 saturated heterocycles. The number of hydrogen-bond acceptors (Lipinski definition) is 3. The fourth-order valence-electron chi connectivity index (χ4n) is 2.51. The van der Waals surface area contributed by atoms with Gasteiger partial charge in [-0.1, -0.05) is 0 Å². The lowest BCUT2D eigenvalue weighted by atomic mass is 10.1. The van der Waals surface area contributed by atoms with Crippen molar-refractivity contribution in [3.05, 3.63) is 0 Å². The van der Waals surface area contributed by atoms with Gasteiger partial charge in [-0.2, -0.15) is 0 Å². The van der Waals surface area contributed by atoms with Gasteiger partial charge in [0.2, 0.25) is 0 Å². The number of piperazine rings is 1. The summed E-state index contributed by atoms with van der Waals surface area (Å²) in [6.07, 6.45) is 2.67. The Labute approximate surface area is 79.7 Å². The smallest absolute Gasteiger partial charge is 0.143 e. The van der Waals surface area contributed by atoms with E-state index in [9.17, 15) is 4.79 Å². The Kier molecular flexibility index (Phi) is 2.65. The van der Waals surface area contributed by atoms with Crippen molar-refractivity contribution in [2.75, 3.05) is 32.7 Å². The minimum atomic E-state index is 0.298. The van der Waals surface area contributed by atoms with Gasteiger partial charge < -0.3 is 0 Å². The second-order valence-electron chi connectivity index (χ2n) is 4.27. The summed E-state index contributed by atoms with van der Waals surface area (Å²) in [7, 11) is 0. The standard InChI is InChI=1S/C10H18N2O/c1-9(13)7-11-5-6-12-4-2-3-10(12)8-11/h10H,2-8H2,1H3/t10-/m0/s1. The van der Waals surface area contributed by atoms with Gasteiger partial charge in [-0.05, 0) is 26.3 Å². The molecule has 2 rings (SSSR count). The van der Waals surface area contributed by atoms with Crippen LogP contribution in [0.3, 0.4) is 0 Å². The van der Waals surface area contributed by atoms with Gasteiger partial charge in [-0.15, -0.1) is 0 Å². The third-order valence-corrected chi connectivity index (χ3v) is 3.12. The van der Waals surface area contributed by atoms with Crippen LogP contribution in [0.5, 0.6) is 0 Å². The highest BCUT2D eigenvalue weighted by Crippen LogP contribution is 2.20. The number of hydrogen-bond donors (Lipinski definition) is 0. The van der Waals surface area contributed by atoms with Crippen LogP contribution in [0.4, 0.5) is 0 Å². The predicted molar refractivity (Wildman–Crippen MR) is 51.7 cm³/mol. The molecule has 2 aliphatic rings. The molecule has 0 aromatic carbocycles. The molecule has 0 amide bonds. The van der Waals surface area contributed by atoms with Crippen LogP contribution in [-0.4, -0.2) is 54.3 Å². The van der Waals surface area contributed by atoms with Crippen LogP contribution in [-0.2, 0) is 4.79 Å². The molecule has 0 aliphatic carbocycles. The van der Waals surface area contributed by atoms with E-state index >= 15 is 0 Å². The Morgan fingerprint density at radius 1 is 1.38 bits per heavy atom. The van der Waals surface area contributed by atoms with Gasteiger partial charge >= 0.3 is 0 Å². The zero-order chi connectivity index (χ0) is 9.26. The molecular formula is C10H18N2O. The molecule has 0 aromatic rings. The first kappa shape index (κ1) is 9.16. The van der Waals surface area contributed by atoms with Crippen LogP contribution in [0.25, 0.3) is 0 Å². The Morgan fingerprint density at radius 3 is 3.00 bits per heavy atom. The van der Waals surface area contributed by atoms with Crippen molar-refractivity contribution in [2.45, 2.75) is 25.8 Å². The number of fused-ring (bicyclic) bond motifs is 1. The van der Waals surface area contributed by atoms with E-state index in [-0.39, 0.29) is 0 Å². The summed E-state index contributed by atoms with van der Waals surface area (Å²) in [4.78, 5) is 15.8. The van der Waals surface area contributed by atoms with Crippen molar-refractivity contribution in [1.29, 1.82) is 0 Å². The fraction of sp³-hybridized carbons (Fsp3) is 0.900. The monoisotopic (exact) mass is 182 g/mol. The molecule has 0 N–H and O–H groups in total. The lowest BCUT2D eigenvalue weighted by molar-refractivity contribution is -0.118. The normalized spacial score (nSPS) is 30.4. The van der Waals surface area contributed by atoms with Gasteiger partial charge in [-0.25, -0.2) is 0 Å². The van der Waals surface area contributed by atoms with Crippen LogP contribution >= 0.6 is 0 Å². The van der Waals surface area contributed by atoms with Crippen LogP contribution in [0.1, 0.15) is 19.8 Å². The first-order chi connectivity index (χ1) is 6.25. The molecule has 74 valence electrons. The third-order valence-electron chi connectivity index (χ3n) is 3.12. The summed E-state index contributed by atoms with van der Waals surface area (Å²) < 4.78 is 0. The highest BCUT2D eigenvalue weighted by atomic mass is 16.1. The molecule has 0 unspecified atom stereocenters. The number of carbonyl (C=O) groups is 1. The van der Waals surface area contributed by atoms with E-state index in [1.165, 1.54) is 19.4 Å². The van der Waals surface area contributed by atoms with Gasteiger partial charge in [0.15, 0.2) is 0 Å². The summed E-state index contributed by atoms with van der Waals surface area (Å²) in [5, 5.41) is 0. The first-order valence-electron chi connectivity index (χ1n) is 5.21. The van der Waals surface area contributed by atoms with E-state index in [1.807, 2.05) is 0 Å². The average Bonchev–Trinajstić information content (AvgIpc) is 2.49. The van der Waals surface area contributed by atoms with E-state index in [4.69, 9.17) is 0 Å². The number of Topliss-reactive ketones (excluding diaryl/α,β-unsaturated/α-hetero) is 1. The van der Waals surface area contributed by atoms with E-state index in [1.54, 1.807) is 6.92 Å². The van der Waals surface area contributed by atoms with Crippen LogP contribution in [0, 0.1) is 0 Å². The van der Waals surface area contributed by atoms with E-state index < -0.39 is 0 Å². The molecule has 13 heavy (non-hydrogen) atoms. The summed E-state index contributed by atoms with van der Waals surface area (Å²) in [5.41, 5.74) is 0. The molecule has 2 aliphatic heterocycles. The maximum atomic E-state index is 10.9.